The molecule has 0 spiro atoms. The van der Waals surface area contributed by atoms with Crippen LogP contribution in [-0.4, -0.2) is 0 Å². The Morgan fingerprint density at radius 1 is 0.230 bits per heavy atom. The molecule has 2 heteroatoms. The van der Waals surface area contributed by atoms with Gasteiger partial charge in [-0.1, -0.05) is 324 Å². The third-order valence-electron chi connectivity index (χ3n) is 15.7. The maximum Gasteiger partial charge on any atom is 0.128 e. The Morgan fingerprint density at radius 3 is 0.690 bits per heavy atom. The summed E-state index contributed by atoms with van der Waals surface area (Å²) in [6.45, 7) is 21.5. The van der Waals surface area contributed by atoms with Gasteiger partial charge in [-0.05, 0) is 158 Å². The van der Waals surface area contributed by atoms with Crippen LogP contribution in [-0.2, 0) is 5.41 Å². The van der Waals surface area contributed by atoms with Crippen molar-refractivity contribution in [1.29, 1.82) is 0 Å². The van der Waals surface area contributed by atoms with Gasteiger partial charge >= 0.3 is 0 Å². The van der Waals surface area contributed by atoms with E-state index in [1.165, 1.54) is 98.0 Å². The van der Waals surface area contributed by atoms with Gasteiger partial charge in [0.2, 0.25) is 0 Å². The van der Waals surface area contributed by atoms with Crippen molar-refractivity contribution >= 4 is 64.6 Å². The van der Waals surface area contributed by atoms with Crippen LogP contribution >= 0.6 is 0 Å². The topological polar surface area (TPSA) is 18.5 Å². The smallest absolute Gasteiger partial charge is 0.128 e. The average molecular weight is 1140 g/mol. The fourth-order valence-corrected chi connectivity index (χ4v) is 11.0. The number of ether oxygens (including phenoxy) is 2. The van der Waals surface area contributed by atoms with E-state index in [-0.39, 0.29) is 5.41 Å². The molecule has 1 aliphatic rings. The molecular formula is C85H82O2. The van der Waals surface area contributed by atoms with Crippen molar-refractivity contribution in [2.24, 2.45) is 0 Å². The lowest BCUT2D eigenvalue weighted by molar-refractivity contribution is 0.484. The Morgan fingerprint density at radius 2 is 0.437 bits per heavy atom. The predicted octanol–water partition coefficient (Wildman–Crippen LogP) is 25.5. The highest BCUT2D eigenvalue weighted by atomic mass is 16.5. The van der Waals surface area contributed by atoms with Crippen molar-refractivity contribution < 1.29 is 9.47 Å². The van der Waals surface area contributed by atoms with Gasteiger partial charge in [-0.3, -0.25) is 0 Å². The van der Waals surface area contributed by atoms with Crippen molar-refractivity contribution in [3.63, 3.8) is 0 Å². The molecule has 0 fully saturated rings. The minimum atomic E-state index is 0.160. The Bertz CT molecular complexity index is 4070. The number of hydrogen-bond donors (Lipinski definition) is 0. The lowest BCUT2D eigenvalue weighted by Gasteiger charge is -2.20. The van der Waals surface area contributed by atoms with E-state index in [0.29, 0.717) is 11.8 Å². The SMILES string of the molecule is CC.CC.CC(C)c1ccc2ccccc2c1.CC(C)c1ccc2ccccc2c1.CC1(C)c2ccccc2-c2ccccc21.c1ccc2cc(Oc3ccc4ccccc4c3)ccc2c1.c1ccc2cc(Oc3ccc4ccccc4c3)ccc2c1. The average Bonchev–Trinajstić information content (AvgIpc) is 2.49. The van der Waals surface area contributed by atoms with Crippen LogP contribution in [0.5, 0.6) is 23.0 Å². The van der Waals surface area contributed by atoms with Gasteiger partial charge in [-0.25, -0.2) is 0 Å². The molecule has 0 atom stereocenters. The summed E-state index contributed by atoms with van der Waals surface area (Å²) >= 11 is 0. The molecule has 0 aliphatic heterocycles. The largest absolute Gasteiger partial charge is 0.457 e. The Labute approximate surface area is 517 Å². The molecule has 87 heavy (non-hydrogen) atoms. The molecule has 0 heterocycles. The van der Waals surface area contributed by atoms with E-state index in [9.17, 15) is 0 Å². The van der Waals surface area contributed by atoms with Gasteiger partial charge in [0.15, 0.2) is 0 Å². The zero-order chi connectivity index (χ0) is 61.1. The minimum Gasteiger partial charge on any atom is -0.457 e. The molecule has 2 nitrogen and oxygen atoms in total. The summed E-state index contributed by atoms with van der Waals surface area (Å²) in [6.07, 6.45) is 0. The van der Waals surface area contributed by atoms with Crippen LogP contribution in [0, 0.1) is 0 Å². The van der Waals surface area contributed by atoms with Gasteiger partial charge in [0.1, 0.15) is 23.0 Å². The van der Waals surface area contributed by atoms with E-state index in [0.717, 1.165) is 23.0 Å². The van der Waals surface area contributed by atoms with Gasteiger partial charge in [0.05, 0.1) is 0 Å². The lowest BCUT2D eigenvalue weighted by atomic mass is 9.82. The first-order chi connectivity index (χ1) is 42.5. The van der Waals surface area contributed by atoms with Crippen molar-refractivity contribution in [2.45, 2.75) is 86.5 Å². The zero-order valence-electron chi connectivity index (χ0n) is 52.3. The number of benzene rings is 14. The highest BCUT2D eigenvalue weighted by molar-refractivity contribution is 5.88. The van der Waals surface area contributed by atoms with Crippen molar-refractivity contribution in [3.05, 3.63) is 326 Å². The molecular weight excluding hydrogens is 1050 g/mol. The quantitative estimate of drug-likeness (QED) is 0.165. The van der Waals surface area contributed by atoms with E-state index in [2.05, 4.69) is 272 Å². The Balaban J connectivity index is 0.000000130. The summed E-state index contributed by atoms with van der Waals surface area (Å²) in [7, 11) is 0. The molecule has 14 aromatic carbocycles. The van der Waals surface area contributed by atoms with Crippen molar-refractivity contribution in [2.75, 3.05) is 0 Å². The van der Waals surface area contributed by atoms with E-state index in [4.69, 9.17) is 9.47 Å². The summed E-state index contributed by atoms with van der Waals surface area (Å²) < 4.78 is 12.0. The van der Waals surface area contributed by atoms with Crippen LogP contribution in [0.2, 0.25) is 0 Å². The Kier molecular flexibility index (Phi) is 21.2. The molecule has 0 N–H and O–H groups in total. The Hall–Kier alpha value is -9.76. The van der Waals surface area contributed by atoms with Crippen LogP contribution in [0.1, 0.15) is 103 Å². The third-order valence-corrected chi connectivity index (χ3v) is 15.7. The number of hydrogen-bond acceptors (Lipinski definition) is 2. The van der Waals surface area contributed by atoms with Crippen molar-refractivity contribution in [3.8, 4) is 34.1 Å². The standard InChI is InChI=1S/2C20H14O.C15H14.2C13H14.2C2H6/c2*1-3-7-17-13-19(11-9-15(17)5-1)21-20-12-10-16-6-2-4-8-18(16)14-20;1-15(2)13-9-5-3-7-11(13)12-8-4-6-10-14(12)15;2*1-10(2)12-8-7-11-5-3-4-6-13(11)9-12;2*1-2/h2*1-14H;3-10H,1-2H3;2*3-10H,1-2H3;2*1-2H3. The fourth-order valence-electron chi connectivity index (χ4n) is 11.0. The van der Waals surface area contributed by atoms with E-state index in [1.807, 2.05) is 100 Å². The summed E-state index contributed by atoms with van der Waals surface area (Å²) in [6, 6.07) is 106. The number of fused-ring (bicyclic) bond motifs is 9. The summed E-state index contributed by atoms with van der Waals surface area (Å²) in [5.41, 5.74) is 8.69. The molecule has 1 aliphatic carbocycles. The highest BCUT2D eigenvalue weighted by Gasteiger charge is 2.34. The van der Waals surface area contributed by atoms with Crippen molar-refractivity contribution in [1.82, 2.24) is 0 Å². The minimum absolute atomic E-state index is 0.160. The van der Waals surface area contributed by atoms with Crippen LogP contribution < -0.4 is 9.47 Å². The molecule has 0 saturated heterocycles. The first kappa shape index (κ1) is 61.8. The first-order valence-corrected chi connectivity index (χ1v) is 31.0. The first-order valence-electron chi connectivity index (χ1n) is 31.0. The molecule has 0 saturated carbocycles. The maximum atomic E-state index is 5.99. The molecule has 0 aromatic heterocycles. The fraction of sp³-hybridized carbons (Fsp3) is 0.153. The van der Waals surface area contributed by atoms with Gasteiger partial charge in [-0.15, -0.1) is 0 Å². The molecule has 0 bridgehead atoms. The van der Waals surface area contributed by atoms with Crippen LogP contribution in [0.3, 0.4) is 0 Å². The highest BCUT2D eigenvalue weighted by Crippen LogP contribution is 2.48. The monoisotopic (exact) mass is 1130 g/mol. The van der Waals surface area contributed by atoms with Crippen LogP contribution in [0.25, 0.3) is 75.8 Å². The maximum absolute atomic E-state index is 5.99. The zero-order valence-corrected chi connectivity index (χ0v) is 52.3. The van der Waals surface area contributed by atoms with E-state index >= 15 is 0 Å². The predicted molar refractivity (Wildman–Crippen MR) is 379 cm³/mol. The molecule has 0 radical (unpaired) electrons. The summed E-state index contributed by atoms with van der Waals surface area (Å²) in [5, 5.41) is 15.0. The molecule has 0 unspecified atom stereocenters. The second kappa shape index (κ2) is 29.9. The molecule has 15 rings (SSSR count). The van der Waals surface area contributed by atoms with Gasteiger partial charge in [-0.2, -0.15) is 0 Å². The second-order valence-corrected chi connectivity index (χ2v) is 22.5. The molecule has 14 aromatic rings. The summed E-state index contributed by atoms with van der Waals surface area (Å²) in [5.74, 6) is 4.69. The molecule has 434 valence electrons. The van der Waals surface area contributed by atoms with E-state index < -0.39 is 0 Å². The van der Waals surface area contributed by atoms with Gasteiger partial charge in [0.25, 0.3) is 0 Å². The van der Waals surface area contributed by atoms with E-state index in [1.54, 1.807) is 0 Å². The summed E-state index contributed by atoms with van der Waals surface area (Å²) in [4.78, 5) is 0. The van der Waals surface area contributed by atoms with Crippen LogP contribution in [0.15, 0.2) is 303 Å². The lowest BCUT2D eigenvalue weighted by Crippen LogP contribution is -2.14. The second-order valence-electron chi connectivity index (χ2n) is 22.5. The number of rotatable bonds is 6. The normalized spacial score (nSPS) is 11.4. The van der Waals surface area contributed by atoms with Gasteiger partial charge < -0.3 is 9.47 Å². The van der Waals surface area contributed by atoms with Crippen LogP contribution in [0.4, 0.5) is 0 Å². The third kappa shape index (κ3) is 15.6. The molecule has 0 amide bonds. The van der Waals surface area contributed by atoms with Gasteiger partial charge in [0, 0.05) is 5.41 Å².